The molecule has 2 aromatic rings. The summed E-state index contributed by atoms with van der Waals surface area (Å²) in [5, 5.41) is 12.0. The Hall–Kier alpha value is -2.77. The lowest BCUT2D eigenvalue weighted by atomic mass is 10.0. The fraction of sp³-hybridized carbons (Fsp3) is 0.188. The van der Waals surface area contributed by atoms with E-state index in [1.54, 1.807) is 6.92 Å². The molecule has 0 unspecified atom stereocenters. The zero-order valence-corrected chi connectivity index (χ0v) is 12.4. The summed E-state index contributed by atoms with van der Waals surface area (Å²) >= 11 is 0. The number of phenols is 1. The van der Waals surface area contributed by atoms with Crippen molar-refractivity contribution < 1.29 is 32.2 Å². The lowest BCUT2D eigenvalue weighted by molar-refractivity contribution is -0.274. The summed E-state index contributed by atoms with van der Waals surface area (Å²) in [6, 6.07) is 6.52. The average molecular weight is 343 g/mol. The Labute approximate surface area is 134 Å². The maximum absolute atomic E-state index is 14.0. The van der Waals surface area contributed by atoms with Gasteiger partial charge in [0.15, 0.2) is 0 Å². The Morgan fingerprint density at radius 3 is 2.46 bits per heavy atom. The number of alkyl halides is 3. The monoisotopic (exact) mass is 343 g/mol. The number of hydrogen-bond donors (Lipinski definition) is 2. The van der Waals surface area contributed by atoms with Crippen molar-refractivity contribution in [3.63, 3.8) is 0 Å². The molecule has 24 heavy (non-hydrogen) atoms. The number of halogens is 4. The van der Waals surface area contributed by atoms with Crippen LogP contribution in [0.4, 0.5) is 17.6 Å². The van der Waals surface area contributed by atoms with Gasteiger partial charge < -0.3 is 15.2 Å². The average Bonchev–Trinajstić information content (AvgIpc) is 2.44. The van der Waals surface area contributed by atoms with Crippen LogP contribution in [0.25, 0.3) is 11.1 Å². The smallest absolute Gasteiger partial charge is 0.508 e. The summed E-state index contributed by atoms with van der Waals surface area (Å²) in [4.78, 5) is 11.6. The van der Waals surface area contributed by atoms with E-state index in [4.69, 9.17) is 0 Å². The van der Waals surface area contributed by atoms with Crippen molar-refractivity contribution in [2.75, 3.05) is 6.54 Å². The highest BCUT2D eigenvalue weighted by Crippen LogP contribution is 2.32. The van der Waals surface area contributed by atoms with Gasteiger partial charge in [-0.25, -0.2) is 4.39 Å². The van der Waals surface area contributed by atoms with Crippen LogP contribution in [0.2, 0.25) is 0 Å². The molecule has 0 saturated carbocycles. The summed E-state index contributed by atoms with van der Waals surface area (Å²) in [7, 11) is 0. The second kappa shape index (κ2) is 6.77. The molecule has 0 spiro atoms. The highest BCUT2D eigenvalue weighted by atomic mass is 19.4. The molecule has 0 aromatic heterocycles. The van der Waals surface area contributed by atoms with Crippen LogP contribution in [-0.2, 0) is 0 Å². The number of carbonyl (C=O) groups is 1. The molecule has 0 aliphatic rings. The molecule has 0 aliphatic heterocycles. The SMILES string of the molecule is CCNC(=O)c1ccc(-c2cc(O)cc(OC(F)(F)F)c2)cc1F. The van der Waals surface area contributed by atoms with Gasteiger partial charge in [0.1, 0.15) is 17.3 Å². The third-order valence-electron chi connectivity index (χ3n) is 3.01. The van der Waals surface area contributed by atoms with Crippen molar-refractivity contribution in [3.8, 4) is 22.6 Å². The Morgan fingerprint density at radius 1 is 1.17 bits per heavy atom. The van der Waals surface area contributed by atoms with Crippen LogP contribution in [0.3, 0.4) is 0 Å². The second-order valence-corrected chi connectivity index (χ2v) is 4.82. The van der Waals surface area contributed by atoms with Gasteiger partial charge in [0.05, 0.1) is 5.56 Å². The van der Waals surface area contributed by atoms with Crippen LogP contribution >= 0.6 is 0 Å². The number of carbonyl (C=O) groups excluding carboxylic acids is 1. The lowest BCUT2D eigenvalue weighted by Crippen LogP contribution is -2.23. The maximum Gasteiger partial charge on any atom is 0.573 e. The zero-order valence-electron chi connectivity index (χ0n) is 12.4. The van der Waals surface area contributed by atoms with Crippen LogP contribution in [0, 0.1) is 5.82 Å². The minimum atomic E-state index is -4.92. The van der Waals surface area contributed by atoms with Gasteiger partial charge in [-0.1, -0.05) is 6.07 Å². The summed E-state index contributed by atoms with van der Waals surface area (Å²) in [6.07, 6.45) is -4.92. The Bertz CT molecular complexity index is 759. The third-order valence-corrected chi connectivity index (χ3v) is 3.01. The van der Waals surface area contributed by atoms with Crippen molar-refractivity contribution in [2.45, 2.75) is 13.3 Å². The van der Waals surface area contributed by atoms with E-state index < -0.39 is 29.6 Å². The molecular formula is C16H13F4NO3. The summed E-state index contributed by atoms with van der Waals surface area (Å²) < 4.78 is 54.6. The minimum Gasteiger partial charge on any atom is -0.508 e. The molecule has 0 fully saturated rings. The van der Waals surface area contributed by atoms with Crippen molar-refractivity contribution >= 4 is 5.91 Å². The highest BCUT2D eigenvalue weighted by molar-refractivity contribution is 5.95. The molecule has 2 rings (SSSR count). The Balaban J connectivity index is 2.38. The van der Waals surface area contributed by atoms with Crippen LogP contribution < -0.4 is 10.1 Å². The molecule has 1 amide bonds. The fourth-order valence-electron chi connectivity index (χ4n) is 2.08. The third kappa shape index (κ3) is 4.37. The predicted molar refractivity (Wildman–Crippen MR) is 78.2 cm³/mol. The number of rotatable bonds is 4. The fourth-order valence-corrected chi connectivity index (χ4v) is 2.08. The van der Waals surface area contributed by atoms with Crippen LogP contribution in [0.15, 0.2) is 36.4 Å². The molecule has 2 N–H and O–H groups in total. The number of amides is 1. The van der Waals surface area contributed by atoms with Crippen molar-refractivity contribution in [1.29, 1.82) is 0 Å². The Morgan fingerprint density at radius 2 is 1.88 bits per heavy atom. The molecular weight excluding hydrogens is 330 g/mol. The van der Waals surface area contributed by atoms with E-state index in [9.17, 15) is 27.5 Å². The molecule has 0 aliphatic carbocycles. The van der Waals surface area contributed by atoms with E-state index in [2.05, 4.69) is 10.1 Å². The number of nitrogens with one attached hydrogen (secondary N) is 1. The number of aromatic hydroxyl groups is 1. The van der Waals surface area contributed by atoms with Crippen molar-refractivity contribution in [1.82, 2.24) is 5.32 Å². The van der Waals surface area contributed by atoms with Crippen molar-refractivity contribution in [3.05, 3.63) is 47.8 Å². The van der Waals surface area contributed by atoms with E-state index in [0.29, 0.717) is 6.54 Å². The first-order valence-electron chi connectivity index (χ1n) is 6.87. The van der Waals surface area contributed by atoms with Crippen LogP contribution in [0.1, 0.15) is 17.3 Å². The molecule has 0 radical (unpaired) electrons. The van der Waals surface area contributed by atoms with E-state index in [-0.39, 0.29) is 16.7 Å². The molecule has 0 saturated heterocycles. The molecule has 0 bridgehead atoms. The number of benzene rings is 2. The van der Waals surface area contributed by atoms with Gasteiger partial charge in [-0.2, -0.15) is 0 Å². The van der Waals surface area contributed by atoms with Crippen LogP contribution in [-0.4, -0.2) is 23.9 Å². The second-order valence-electron chi connectivity index (χ2n) is 4.82. The first kappa shape index (κ1) is 17.6. The molecule has 0 heterocycles. The molecule has 4 nitrogen and oxygen atoms in total. The van der Waals surface area contributed by atoms with E-state index in [1.165, 1.54) is 12.1 Å². The molecule has 128 valence electrons. The van der Waals surface area contributed by atoms with Gasteiger partial charge in [0.2, 0.25) is 0 Å². The zero-order chi connectivity index (χ0) is 17.9. The first-order chi connectivity index (χ1) is 11.2. The van der Waals surface area contributed by atoms with Gasteiger partial charge in [-0.05, 0) is 42.3 Å². The van der Waals surface area contributed by atoms with Gasteiger partial charge >= 0.3 is 6.36 Å². The van der Waals surface area contributed by atoms with E-state index >= 15 is 0 Å². The largest absolute Gasteiger partial charge is 0.573 e. The summed E-state index contributed by atoms with van der Waals surface area (Å²) in [6.45, 7) is 2.00. The number of phenolic OH excluding ortho intramolecular Hbond substituents is 1. The lowest BCUT2D eigenvalue weighted by Gasteiger charge is -2.12. The number of hydrogen-bond acceptors (Lipinski definition) is 3. The number of ether oxygens (including phenoxy) is 1. The molecule has 0 atom stereocenters. The first-order valence-corrected chi connectivity index (χ1v) is 6.87. The normalized spacial score (nSPS) is 11.2. The van der Waals surface area contributed by atoms with E-state index in [0.717, 1.165) is 24.3 Å². The molecule has 8 heteroatoms. The van der Waals surface area contributed by atoms with Crippen molar-refractivity contribution in [2.24, 2.45) is 0 Å². The summed E-state index contributed by atoms with van der Waals surface area (Å²) in [5.41, 5.74) is 0.103. The van der Waals surface area contributed by atoms with E-state index in [1.807, 2.05) is 0 Å². The van der Waals surface area contributed by atoms with Gasteiger partial charge in [-0.15, -0.1) is 13.2 Å². The van der Waals surface area contributed by atoms with Gasteiger partial charge in [0.25, 0.3) is 5.91 Å². The summed E-state index contributed by atoms with van der Waals surface area (Å²) in [5.74, 6) is -2.54. The van der Waals surface area contributed by atoms with Gasteiger partial charge in [0, 0.05) is 12.6 Å². The predicted octanol–water partition coefficient (Wildman–Crippen LogP) is 3.85. The highest BCUT2D eigenvalue weighted by Gasteiger charge is 2.31. The topological polar surface area (TPSA) is 58.6 Å². The quantitative estimate of drug-likeness (QED) is 0.829. The van der Waals surface area contributed by atoms with Gasteiger partial charge in [-0.3, -0.25) is 4.79 Å². The maximum atomic E-state index is 14.0. The minimum absolute atomic E-state index is 0.107. The molecule has 2 aromatic carbocycles. The standard InChI is InChI=1S/C16H13F4NO3/c1-2-21-15(23)13-4-3-9(7-14(13)17)10-5-11(22)8-12(6-10)24-16(18,19)20/h3-8,22H,2H2,1H3,(H,21,23). The Kier molecular flexibility index (Phi) is 4.96. The van der Waals surface area contributed by atoms with Crippen LogP contribution in [0.5, 0.6) is 11.5 Å².